The first-order valence-electron chi connectivity index (χ1n) is 8.36. The summed E-state index contributed by atoms with van der Waals surface area (Å²) < 4.78 is 0. The van der Waals surface area contributed by atoms with Gasteiger partial charge in [0, 0.05) is 18.8 Å². The summed E-state index contributed by atoms with van der Waals surface area (Å²) in [6.45, 7) is 1.96. The first-order chi connectivity index (χ1) is 11.0. The summed E-state index contributed by atoms with van der Waals surface area (Å²) in [5.41, 5.74) is 0.987. The lowest BCUT2D eigenvalue weighted by Crippen LogP contribution is -2.48. The van der Waals surface area contributed by atoms with Crippen molar-refractivity contribution in [3.8, 4) is 0 Å². The molecule has 1 aromatic rings. The molecule has 23 heavy (non-hydrogen) atoms. The fourth-order valence-electron chi connectivity index (χ4n) is 3.81. The van der Waals surface area contributed by atoms with E-state index in [0.717, 1.165) is 37.1 Å². The molecule has 0 unspecified atom stereocenters. The first-order valence-corrected chi connectivity index (χ1v) is 8.36. The molecule has 0 spiro atoms. The molecule has 2 aliphatic rings. The summed E-state index contributed by atoms with van der Waals surface area (Å²) >= 11 is 0. The van der Waals surface area contributed by atoms with E-state index >= 15 is 0 Å². The van der Waals surface area contributed by atoms with Crippen molar-refractivity contribution in [1.82, 2.24) is 4.90 Å². The minimum absolute atomic E-state index is 0.0946. The van der Waals surface area contributed by atoms with Crippen molar-refractivity contribution in [3.63, 3.8) is 0 Å². The minimum Gasteiger partial charge on any atom is -0.481 e. The van der Waals surface area contributed by atoms with Gasteiger partial charge in [-0.15, -0.1) is 0 Å². The number of piperazine rings is 1. The Morgan fingerprint density at radius 1 is 1.09 bits per heavy atom. The van der Waals surface area contributed by atoms with Gasteiger partial charge in [-0.05, 0) is 37.6 Å². The Kier molecular flexibility index (Phi) is 4.39. The van der Waals surface area contributed by atoms with Gasteiger partial charge in [-0.2, -0.15) is 0 Å². The summed E-state index contributed by atoms with van der Waals surface area (Å²) in [5.74, 6) is -0.627. The molecule has 124 valence electrons. The highest BCUT2D eigenvalue weighted by atomic mass is 16.4. The summed E-state index contributed by atoms with van der Waals surface area (Å²) in [7, 11) is 1.94. The van der Waals surface area contributed by atoms with Crippen molar-refractivity contribution < 1.29 is 14.7 Å². The average molecular weight is 316 g/mol. The first kappa shape index (κ1) is 16.0. The molecule has 0 radical (unpaired) electrons. The Hall–Kier alpha value is -1.88. The maximum Gasteiger partial charge on any atom is 0.314 e. The van der Waals surface area contributed by atoms with Gasteiger partial charge in [0.15, 0.2) is 0 Å². The predicted molar refractivity (Wildman–Crippen MR) is 88.7 cm³/mol. The molecule has 5 nitrogen and oxygen atoms in total. The van der Waals surface area contributed by atoms with Crippen LogP contribution in [0.4, 0.5) is 5.69 Å². The van der Waals surface area contributed by atoms with Gasteiger partial charge in [-0.3, -0.25) is 14.5 Å². The SMILES string of the molecule is CN1CCN(c2ccc(C3(C(=O)O)CCCCC3)cc2)C(=O)C1. The Morgan fingerprint density at radius 2 is 1.74 bits per heavy atom. The number of carbonyl (C=O) groups is 2. The zero-order valence-electron chi connectivity index (χ0n) is 13.6. The number of aliphatic carboxylic acids is 1. The predicted octanol–water partition coefficient (Wildman–Crippen LogP) is 2.25. The lowest BCUT2D eigenvalue weighted by molar-refractivity contribution is -0.145. The molecule has 1 N–H and O–H groups in total. The Morgan fingerprint density at radius 3 is 2.30 bits per heavy atom. The molecule has 3 rings (SSSR count). The average Bonchev–Trinajstić information content (AvgIpc) is 2.55. The highest BCUT2D eigenvalue weighted by molar-refractivity contribution is 5.95. The molecule has 1 aliphatic heterocycles. The number of hydrogen-bond donors (Lipinski definition) is 1. The van der Waals surface area contributed by atoms with Crippen LogP contribution < -0.4 is 4.90 Å². The minimum atomic E-state index is -0.747. The Balaban J connectivity index is 1.84. The standard InChI is InChI=1S/C18H24N2O3/c1-19-11-12-20(16(21)13-19)15-7-5-14(6-8-15)18(17(22)23)9-3-2-4-10-18/h5-8H,2-4,9-13H2,1H3,(H,22,23). The molecule has 1 aliphatic carbocycles. The van der Waals surface area contributed by atoms with Crippen LogP contribution in [0.2, 0.25) is 0 Å². The molecular weight excluding hydrogens is 292 g/mol. The third-order valence-electron chi connectivity index (χ3n) is 5.26. The molecule has 1 saturated carbocycles. The van der Waals surface area contributed by atoms with Gasteiger partial charge in [0.1, 0.15) is 0 Å². The van der Waals surface area contributed by atoms with Crippen molar-refractivity contribution in [2.24, 2.45) is 0 Å². The Bertz CT molecular complexity index is 591. The molecule has 1 heterocycles. The van der Waals surface area contributed by atoms with Gasteiger partial charge in [-0.1, -0.05) is 31.4 Å². The van der Waals surface area contributed by atoms with E-state index in [1.807, 2.05) is 36.2 Å². The topological polar surface area (TPSA) is 60.9 Å². The summed E-state index contributed by atoms with van der Waals surface area (Å²) in [6.07, 6.45) is 4.45. The number of nitrogens with zero attached hydrogens (tertiary/aromatic N) is 2. The zero-order valence-corrected chi connectivity index (χ0v) is 13.6. The van der Waals surface area contributed by atoms with E-state index in [0.29, 0.717) is 25.9 Å². The highest BCUT2D eigenvalue weighted by Gasteiger charge is 2.41. The fourth-order valence-corrected chi connectivity index (χ4v) is 3.81. The summed E-state index contributed by atoms with van der Waals surface area (Å²) in [6, 6.07) is 7.61. The van der Waals surface area contributed by atoms with Crippen LogP contribution in [0.1, 0.15) is 37.7 Å². The second-order valence-corrected chi connectivity index (χ2v) is 6.78. The third kappa shape index (κ3) is 2.98. The van der Waals surface area contributed by atoms with Gasteiger partial charge in [-0.25, -0.2) is 0 Å². The fraction of sp³-hybridized carbons (Fsp3) is 0.556. The Labute approximate surface area is 136 Å². The number of benzene rings is 1. The number of carboxylic acid groups (broad SMARTS) is 1. The molecule has 0 bridgehead atoms. The third-order valence-corrected chi connectivity index (χ3v) is 5.26. The van der Waals surface area contributed by atoms with Crippen LogP contribution in [0, 0.1) is 0 Å². The van der Waals surface area contributed by atoms with Crippen molar-refractivity contribution >= 4 is 17.6 Å². The van der Waals surface area contributed by atoms with Crippen LogP contribution in [0.5, 0.6) is 0 Å². The van der Waals surface area contributed by atoms with Crippen LogP contribution in [-0.2, 0) is 15.0 Å². The van der Waals surface area contributed by atoms with E-state index in [2.05, 4.69) is 0 Å². The molecule has 1 aromatic carbocycles. The number of carboxylic acids is 1. The number of carbonyl (C=O) groups excluding carboxylic acids is 1. The van der Waals surface area contributed by atoms with Crippen molar-refractivity contribution in [3.05, 3.63) is 29.8 Å². The summed E-state index contributed by atoms with van der Waals surface area (Å²) in [4.78, 5) is 27.8. The smallest absolute Gasteiger partial charge is 0.314 e. The van der Waals surface area contributed by atoms with E-state index in [1.165, 1.54) is 0 Å². The molecular formula is C18H24N2O3. The second kappa shape index (κ2) is 6.32. The number of anilines is 1. The number of likely N-dealkylation sites (N-methyl/N-ethyl adjacent to an activating group) is 1. The zero-order chi connectivity index (χ0) is 16.4. The van der Waals surface area contributed by atoms with Gasteiger partial charge in [0.05, 0.1) is 12.0 Å². The largest absolute Gasteiger partial charge is 0.481 e. The van der Waals surface area contributed by atoms with Gasteiger partial charge >= 0.3 is 5.97 Å². The lowest BCUT2D eigenvalue weighted by atomic mass is 9.69. The normalized spacial score (nSPS) is 22.1. The van der Waals surface area contributed by atoms with Gasteiger partial charge in [0.2, 0.25) is 5.91 Å². The van der Waals surface area contributed by atoms with E-state index in [1.54, 1.807) is 4.90 Å². The van der Waals surface area contributed by atoms with Gasteiger partial charge in [0.25, 0.3) is 0 Å². The molecule has 2 fully saturated rings. The maximum atomic E-state index is 12.2. The van der Waals surface area contributed by atoms with Crippen molar-refractivity contribution in [2.75, 3.05) is 31.6 Å². The molecule has 1 saturated heterocycles. The molecule has 0 atom stereocenters. The van der Waals surface area contributed by atoms with Gasteiger partial charge < -0.3 is 10.0 Å². The maximum absolute atomic E-state index is 12.2. The lowest BCUT2D eigenvalue weighted by Gasteiger charge is -2.35. The van der Waals surface area contributed by atoms with E-state index in [4.69, 9.17) is 0 Å². The number of hydrogen-bond acceptors (Lipinski definition) is 3. The van der Waals surface area contributed by atoms with Crippen molar-refractivity contribution in [2.45, 2.75) is 37.5 Å². The van der Waals surface area contributed by atoms with E-state index in [9.17, 15) is 14.7 Å². The second-order valence-electron chi connectivity index (χ2n) is 6.78. The van der Waals surface area contributed by atoms with E-state index < -0.39 is 11.4 Å². The highest BCUT2D eigenvalue weighted by Crippen LogP contribution is 2.40. The molecule has 1 amide bonds. The monoisotopic (exact) mass is 316 g/mol. The van der Waals surface area contributed by atoms with Crippen LogP contribution in [-0.4, -0.2) is 48.6 Å². The quantitative estimate of drug-likeness (QED) is 0.929. The van der Waals surface area contributed by atoms with Crippen LogP contribution in [0.25, 0.3) is 0 Å². The summed E-state index contributed by atoms with van der Waals surface area (Å²) in [5, 5.41) is 9.76. The van der Waals surface area contributed by atoms with Crippen LogP contribution >= 0.6 is 0 Å². The van der Waals surface area contributed by atoms with Crippen molar-refractivity contribution in [1.29, 1.82) is 0 Å². The van der Waals surface area contributed by atoms with Crippen LogP contribution in [0.3, 0.4) is 0 Å². The number of amides is 1. The molecule has 0 aromatic heterocycles. The number of rotatable bonds is 3. The van der Waals surface area contributed by atoms with E-state index in [-0.39, 0.29) is 5.91 Å². The molecule has 5 heteroatoms. The van der Waals surface area contributed by atoms with Crippen LogP contribution in [0.15, 0.2) is 24.3 Å².